The molecule has 0 aromatic heterocycles. The van der Waals surface area contributed by atoms with Crippen LogP contribution in [0.15, 0.2) is 54.6 Å². The van der Waals surface area contributed by atoms with Crippen LogP contribution >= 0.6 is 23.2 Å². The predicted molar refractivity (Wildman–Crippen MR) is 105 cm³/mol. The molecule has 28 heavy (non-hydrogen) atoms. The molecule has 0 saturated heterocycles. The largest absolute Gasteiger partial charge is 0.508 e. The third-order valence-electron chi connectivity index (χ3n) is 4.04. The first-order valence-corrected chi connectivity index (χ1v) is 8.78. The Kier molecular flexibility index (Phi) is 5.82. The summed E-state index contributed by atoms with van der Waals surface area (Å²) in [6.45, 7) is 0.118. The van der Waals surface area contributed by atoms with Crippen molar-refractivity contribution in [3.63, 3.8) is 0 Å². The van der Waals surface area contributed by atoms with Gasteiger partial charge < -0.3 is 9.84 Å². The summed E-state index contributed by atoms with van der Waals surface area (Å²) in [6.07, 6.45) is -4.65. The van der Waals surface area contributed by atoms with Gasteiger partial charge in [-0.3, -0.25) is 0 Å². The van der Waals surface area contributed by atoms with Gasteiger partial charge in [-0.05, 0) is 41.5 Å². The van der Waals surface area contributed by atoms with Crippen LogP contribution in [0.3, 0.4) is 0 Å². The minimum absolute atomic E-state index is 0.0114. The van der Waals surface area contributed by atoms with Crippen molar-refractivity contribution in [3.8, 4) is 22.6 Å². The summed E-state index contributed by atoms with van der Waals surface area (Å²) in [7, 11) is 5.74. The first-order chi connectivity index (χ1) is 13.2. The van der Waals surface area contributed by atoms with Crippen LogP contribution in [-0.2, 0) is 12.8 Å². The van der Waals surface area contributed by atoms with Gasteiger partial charge in [0.1, 0.15) is 26.0 Å². The van der Waals surface area contributed by atoms with Crippen molar-refractivity contribution < 1.29 is 23.0 Å². The Morgan fingerprint density at radius 2 is 1.64 bits per heavy atom. The lowest BCUT2D eigenvalue weighted by atomic mass is 9.89. The molecule has 0 atom stereocenters. The van der Waals surface area contributed by atoms with Gasteiger partial charge in [0.2, 0.25) is 0 Å². The van der Waals surface area contributed by atoms with Crippen LogP contribution in [0.4, 0.5) is 13.2 Å². The first kappa shape index (κ1) is 20.4. The molecule has 0 spiro atoms. The van der Waals surface area contributed by atoms with Gasteiger partial charge in [-0.1, -0.05) is 52.9 Å². The summed E-state index contributed by atoms with van der Waals surface area (Å²) in [4.78, 5) is 0. The van der Waals surface area contributed by atoms with Gasteiger partial charge in [-0.25, -0.2) is 0 Å². The van der Waals surface area contributed by atoms with E-state index in [1.165, 1.54) is 18.2 Å². The Labute approximate surface area is 170 Å². The molecule has 0 amide bonds. The SMILES string of the molecule is [B]c1ccc(OCc2ccc(Cl)cc2)c(-c2ccc(Cl)c(C(F)(F)F)c2)c1O. The summed E-state index contributed by atoms with van der Waals surface area (Å²) in [6, 6.07) is 13.1. The van der Waals surface area contributed by atoms with Crippen molar-refractivity contribution in [1.82, 2.24) is 0 Å². The van der Waals surface area contributed by atoms with Crippen molar-refractivity contribution in [3.05, 3.63) is 75.8 Å². The van der Waals surface area contributed by atoms with Crippen molar-refractivity contribution >= 4 is 36.5 Å². The summed E-state index contributed by atoms with van der Waals surface area (Å²) in [5.74, 6) is -0.193. The van der Waals surface area contributed by atoms with Gasteiger partial charge in [0.05, 0.1) is 16.1 Å². The molecule has 3 rings (SSSR count). The predicted octanol–water partition coefficient (Wildman–Crippen LogP) is 5.76. The van der Waals surface area contributed by atoms with E-state index < -0.39 is 16.8 Å². The Morgan fingerprint density at radius 1 is 0.964 bits per heavy atom. The third-order valence-corrected chi connectivity index (χ3v) is 4.62. The second-order valence-electron chi connectivity index (χ2n) is 5.98. The van der Waals surface area contributed by atoms with Gasteiger partial charge in [-0.15, -0.1) is 0 Å². The van der Waals surface area contributed by atoms with E-state index in [0.717, 1.165) is 17.7 Å². The van der Waals surface area contributed by atoms with Crippen LogP contribution in [0.2, 0.25) is 10.0 Å². The lowest BCUT2D eigenvalue weighted by Gasteiger charge is -2.17. The number of alkyl halides is 3. The van der Waals surface area contributed by atoms with Crippen LogP contribution in [0.1, 0.15) is 11.1 Å². The maximum absolute atomic E-state index is 13.2. The Morgan fingerprint density at radius 3 is 2.29 bits per heavy atom. The number of aromatic hydroxyl groups is 1. The summed E-state index contributed by atoms with van der Waals surface area (Å²) in [5, 5.41) is 10.5. The molecule has 0 aliphatic heterocycles. The zero-order chi connectivity index (χ0) is 20.5. The Hall–Kier alpha value is -2.31. The molecule has 0 saturated carbocycles. The van der Waals surface area contributed by atoms with Gasteiger partial charge in [0, 0.05) is 5.02 Å². The number of ether oxygens (including phenoxy) is 1. The van der Waals surface area contributed by atoms with Crippen molar-refractivity contribution in [2.24, 2.45) is 0 Å². The number of rotatable bonds is 4. The molecule has 2 radical (unpaired) electrons. The second-order valence-corrected chi connectivity index (χ2v) is 6.83. The number of halogens is 5. The fraction of sp³-hybridized carbons (Fsp3) is 0.100. The average molecular weight is 423 g/mol. The summed E-state index contributed by atoms with van der Waals surface area (Å²) < 4.78 is 45.4. The van der Waals surface area contributed by atoms with E-state index in [1.807, 2.05) is 0 Å². The van der Waals surface area contributed by atoms with E-state index in [2.05, 4.69) is 0 Å². The highest BCUT2D eigenvalue weighted by Crippen LogP contribution is 2.42. The molecule has 0 bridgehead atoms. The third kappa shape index (κ3) is 4.40. The first-order valence-electron chi connectivity index (χ1n) is 8.02. The highest BCUT2D eigenvalue weighted by Gasteiger charge is 2.33. The van der Waals surface area contributed by atoms with Gasteiger partial charge in [0.15, 0.2) is 0 Å². The minimum Gasteiger partial charge on any atom is -0.508 e. The molecule has 3 aromatic rings. The zero-order valence-corrected chi connectivity index (χ0v) is 15.7. The Balaban J connectivity index is 2.03. The summed E-state index contributed by atoms with van der Waals surface area (Å²) in [5.41, 5.74) is -0.0861. The molecule has 142 valence electrons. The summed E-state index contributed by atoms with van der Waals surface area (Å²) >= 11 is 11.5. The standard InChI is InChI=1S/C20H12BCl2F3O2/c21-15-6-8-17(28-10-11-1-4-13(22)5-2-11)18(19(15)27)12-3-7-16(23)14(9-12)20(24,25)26/h1-9,27H,10H2. The normalized spacial score (nSPS) is 11.5. The maximum atomic E-state index is 13.2. The fourth-order valence-electron chi connectivity index (χ4n) is 2.63. The highest BCUT2D eigenvalue weighted by atomic mass is 35.5. The number of phenolic OH excluding ortho intramolecular Hbond substituents is 1. The van der Waals surface area contributed by atoms with E-state index in [-0.39, 0.29) is 34.7 Å². The molecule has 2 nitrogen and oxygen atoms in total. The lowest BCUT2D eigenvalue weighted by molar-refractivity contribution is -0.137. The van der Waals surface area contributed by atoms with E-state index in [1.54, 1.807) is 24.3 Å². The number of phenols is 1. The van der Waals surface area contributed by atoms with Crippen molar-refractivity contribution in [2.75, 3.05) is 0 Å². The molecule has 0 unspecified atom stereocenters. The maximum Gasteiger partial charge on any atom is 0.417 e. The van der Waals surface area contributed by atoms with E-state index in [9.17, 15) is 18.3 Å². The average Bonchev–Trinajstić information content (AvgIpc) is 2.64. The number of hydrogen-bond acceptors (Lipinski definition) is 2. The van der Waals surface area contributed by atoms with Gasteiger partial charge in [-0.2, -0.15) is 13.2 Å². The monoisotopic (exact) mass is 422 g/mol. The van der Waals surface area contributed by atoms with Crippen molar-refractivity contribution in [1.29, 1.82) is 0 Å². The Bertz CT molecular complexity index is 1010. The molecule has 0 heterocycles. The molecule has 1 N–H and O–H groups in total. The van der Waals surface area contributed by atoms with Crippen LogP contribution in [0, 0.1) is 0 Å². The quantitative estimate of drug-likeness (QED) is 0.542. The second kappa shape index (κ2) is 7.98. The zero-order valence-electron chi connectivity index (χ0n) is 14.2. The van der Waals surface area contributed by atoms with Crippen molar-refractivity contribution in [2.45, 2.75) is 12.8 Å². The topological polar surface area (TPSA) is 29.5 Å². The minimum atomic E-state index is -4.65. The molecule has 3 aromatic carbocycles. The van der Waals surface area contributed by atoms with Gasteiger partial charge >= 0.3 is 6.18 Å². The van der Waals surface area contributed by atoms with Crippen LogP contribution in [0.5, 0.6) is 11.5 Å². The molecule has 0 aliphatic rings. The van der Waals surface area contributed by atoms with Crippen LogP contribution in [-0.4, -0.2) is 13.0 Å². The number of hydrogen-bond donors (Lipinski definition) is 1. The lowest BCUT2D eigenvalue weighted by Crippen LogP contribution is -2.08. The van der Waals surface area contributed by atoms with Crippen LogP contribution in [0.25, 0.3) is 11.1 Å². The molecule has 0 fully saturated rings. The number of benzene rings is 3. The van der Waals surface area contributed by atoms with E-state index in [0.29, 0.717) is 5.02 Å². The molecule has 8 heteroatoms. The molecular formula is C20H12BCl2F3O2. The molecule has 0 aliphatic carbocycles. The highest BCUT2D eigenvalue weighted by molar-refractivity contribution is 6.35. The van der Waals surface area contributed by atoms with Gasteiger partial charge in [0.25, 0.3) is 0 Å². The molecular weight excluding hydrogens is 411 g/mol. The smallest absolute Gasteiger partial charge is 0.417 e. The van der Waals surface area contributed by atoms with E-state index >= 15 is 0 Å². The van der Waals surface area contributed by atoms with Crippen LogP contribution < -0.4 is 10.2 Å². The van der Waals surface area contributed by atoms with E-state index in [4.69, 9.17) is 35.8 Å². The fourth-order valence-corrected chi connectivity index (χ4v) is 2.98.